The topological polar surface area (TPSA) is 104 Å². The van der Waals surface area contributed by atoms with Gasteiger partial charge in [-0.05, 0) is 23.8 Å². The number of aryl methyl sites for hydroxylation is 1. The van der Waals surface area contributed by atoms with Gasteiger partial charge in [-0.2, -0.15) is 5.10 Å². The van der Waals surface area contributed by atoms with Crippen molar-refractivity contribution >= 4 is 16.8 Å². The first-order chi connectivity index (χ1) is 18.6. The number of carbonyl (C=O) groups is 1. The minimum Gasteiger partial charge on any atom is -0.379 e. The fourth-order valence-corrected chi connectivity index (χ4v) is 4.99. The number of hydrogen-bond donors (Lipinski definition) is 3. The van der Waals surface area contributed by atoms with Gasteiger partial charge < -0.3 is 19.6 Å². The van der Waals surface area contributed by atoms with Gasteiger partial charge in [0.1, 0.15) is 5.69 Å². The summed E-state index contributed by atoms with van der Waals surface area (Å²) >= 11 is 0. The Bertz CT molecular complexity index is 1540. The second-order valence-corrected chi connectivity index (χ2v) is 9.75. The van der Waals surface area contributed by atoms with Crippen LogP contribution in [0.15, 0.2) is 67.1 Å². The highest BCUT2D eigenvalue weighted by Gasteiger charge is 2.21. The van der Waals surface area contributed by atoms with Crippen LogP contribution >= 0.6 is 0 Å². The van der Waals surface area contributed by atoms with Crippen LogP contribution in [0.3, 0.4) is 0 Å². The van der Waals surface area contributed by atoms with Gasteiger partial charge in [0.05, 0.1) is 37.5 Å². The Hall–Kier alpha value is -4.21. The Labute approximate surface area is 220 Å². The zero-order chi connectivity index (χ0) is 25.9. The van der Waals surface area contributed by atoms with Crippen LogP contribution in [0, 0.1) is 0 Å². The third-order valence-electron chi connectivity index (χ3n) is 7.12. The lowest BCUT2D eigenvalue weighted by Crippen LogP contribution is -2.35. The zero-order valence-electron chi connectivity index (χ0n) is 21.4. The molecule has 5 aromatic rings. The summed E-state index contributed by atoms with van der Waals surface area (Å²) < 4.78 is 7.46. The number of carbonyl (C=O) groups excluding carboxylic acids is 1. The van der Waals surface area contributed by atoms with Crippen LogP contribution in [0.1, 0.15) is 32.9 Å². The molecule has 6 rings (SSSR count). The standard InChI is InChI=1S/C29H31N7O2/c1-35-19-30-16-23(35)17-31-29(37)21-7-8-24-25(18-36-9-11-38-12-10-36)28(32-26(24)14-21)27-15-22(33-34-27)13-20-5-3-2-4-6-20/h2-8,14-16,19,32H,9-13,17-18H2,1H3,(H,31,37)(H,33,34). The van der Waals surface area contributed by atoms with Gasteiger partial charge in [0.25, 0.3) is 5.91 Å². The molecular formula is C29H31N7O2. The van der Waals surface area contributed by atoms with Crippen LogP contribution in [0.5, 0.6) is 0 Å². The van der Waals surface area contributed by atoms with E-state index in [1.54, 1.807) is 12.5 Å². The first kappa shape index (κ1) is 24.1. The summed E-state index contributed by atoms with van der Waals surface area (Å²) in [5.41, 5.74) is 7.79. The Morgan fingerprint density at radius 1 is 1.11 bits per heavy atom. The highest BCUT2D eigenvalue weighted by atomic mass is 16.5. The molecule has 1 fully saturated rings. The van der Waals surface area contributed by atoms with E-state index >= 15 is 0 Å². The average molecular weight is 510 g/mol. The average Bonchev–Trinajstić information content (AvgIpc) is 3.67. The fraction of sp³-hybridized carbons (Fsp3) is 0.276. The lowest BCUT2D eigenvalue weighted by Gasteiger charge is -2.26. The molecule has 1 amide bonds. The summed E-state index contributed by atoms with van der Waals surface area (Å²) in [5, 5.41) is 12.0. The smallest absolute Gasteiger partial charge is 0.251 e. The predicted molar refractivity (Wildman–Crippen MR) is 146 cm³/mol. The van der Waals surface area contributed by atoms with Gasteiger partial charge >= 0.3 is 0 Å². The van der Waals surface area contributed by atoms with Gasteiger partial charge in [0, 0.05) is 67.0 Å². The molecular weight excluding hydrogens is 478 g/mol. The van der Waals surface area contributed by atoms with E-state index < -0.39 is 0 Å². The third-order valence-corrected chi connectivity index (χ3v) is 7.12. The van der Waals surface area contributed by atoms with Crippen molar-refractivity contribution in [1.29, 1.82) is 0 Å². The van der Waals surface area contributed by atoms with Crippen LogP contribution in [-0.4, -0.2) is 61.8 Å². The van der Waals surface area contributed by atoms with Crippen molar-refractivity contribution in [3.05, 3.63) is 95.2 Å². The summed E-state index contributed by atoms with van der Waals surface area (Å²) in [6, 6.07) is 18.3. The number of amides is 1. The largest absolute Gasteiger partial charge is 0.379 e. The van der Waals surface area contributed by atoms with E-state index in [4.69, 9.17) is 4.74 Å². The molecule has 0 aliphatic carbocycles. The molecule has 9 nitrogen and oxygen atoms in total. The number of H-pyrrole nitrogens is 2. The highest BCUT2D eigenvalue weighted by Crippen LogP contribution is 2.32. The van der Waals surface area contributed by atoms with Gasteiger partial charge in [-0.25, -0.2) is 4.98 Å². The minimum absolute atomic E-state index is 0.121. The molecule has 1 aliphatic rings. The van der Waals surface area contributed by atoms with Crippen LogP contribution in [-0.2, 0) is 31.3 Å². The summed E-state index contributed by atoms with van der Waals surface area (Å²) in [4.78, 5) is 23.1. The maximum Gasteiger partial charge on any atom is 0.251 e. The highest BCUT2D eigenvalue weighted by molar-refractivity contribution is 6.00. The summed E-state index contributed by atoms with van der Waals surface area (Å²) in [6.45, 7) is 4.46. The molecule has 3 N–H and O–H groups in total. The monoisotopic (exact) mass is 509 g/mol. The van der Waals surface area contributed by atoms with Crippen molar-refractivity contribution in [2.75, 3.05) is 26.3 Å². The normalized spacial score (nSPS) is 14.2. The van der Waals surface area contributed by atoms with E-state index in [9.17, 15) is 4.79 Å². The first-order valence-corrected chi connectivity index (χ1v) is 12.9. The molecule has 3 aromatic heterocycles. The van der Waals surface area contributed by atoms with Gasteiger partial charge in [-0.15, -0.1) is 0 Å². The molecule has 1 aliphatic heterocycles. The number of benzene rings is 2. The molecule has 0 spiro atoms. The number of aromatic nitrogens is 5. The van der Waals surface area contributed by atoms with Crippen molar-refractivity contribution < 1.29 is 9.53 Å². The summed E-state index contributed by atoms with van der Waals surface area (Å²) in [7, 11) is 1.91. The van der Waals surface area contributed by atoms with Crippen molar-refractivity contribution in [3.63, 3.8) is 0 Å². The molecule has 0 radical (unpaired) electrons. The number of ether oxygens (including phenoxy) is 1. The number of rotatable bonds is 8. The van der Waals surface area contributed by atoms with E-state index in [0.717, 1.165) is 72.9 Å². The first-order valence-electron chi connectivity index (χ1n) is 12.9. The molecule has 194 valence electrons. The molecule has 2 aromatic carbocycles. The third kappa shape index (κ3) is 5.11. The van der Waals surface area contributed by atoms with Crippen molar-refractivity contribution in [2.24, 2.45) is 7.05 Å². The quantitative estimate of drug-likeness (QED) is 0.296. The van der Waals surface area contributed by atoms with Crippen LogP contribution in [0.2, 0.25) is 0 Å². The van der Waals surface area contributed by atoms with Gasteiger partial charge in [0.2, 0.25) is 0 Å². The number of fused-ring (bicyclic) bond motifs is 1. The fourth-order valence-electron chi connectivity index (χ4n) is 4.99. The molecule has 4 heterocycles. The van der Waals surface area contributed by atoms with Crippen LogP contribution < -0.4 is 5.32 Å². The van der Waals surface area contributed by atoms with E-state index in [-0.39, 0.29) is 5.91 Å². The van der Waals surface area contributed by atoms with E-state index in [1.807, 2.05) is 35.9 Å². The molecule has 0 unspecified atom stereocenters. The lowest BCUT2D eigenvalue weighted by molar-refractivity contribution is 0.0344. The molecule has 0 saturated carbocycles. The van der Waals surface area contributed by atoms with Crippen LogP contribution in [0.25, 0.3) is 22.3 Å². The Morgan fingerprint density at radius 3 is 2.74 bits per heavy atom. The van der Waals surface area contributed by atoms with E-state index in [1.165, 1.54) is 11.1 Å². The molecule has 38 heavy (non-hydrogen) atoms. The van der Waals surface area contributed by atoms with Crippen LogP contribution in [0.4, 0.5) is 0 Å². The molecule has 1 saturated heterocycles. The summed E-state index contributed by atoms with van der Waals surface area (Å²) in [6.07, 6.45) is 4.27. The lowest BCUT2D eigenvalue weighted by atomic mass is 10.1. The number of hydrogen-bond acceptors (Lipinski definition) is 5. The molecule has 0 bridgehead atoms. The number of imidazole rings is 1. The number of nitrogens with zero attached hydrogens (tertiary/aromatic N) is 4. The molecule has 0 atom stereocenters. The summed E-state index contributed by atoms with van der Waals surface area (Å²) in [5.74, 6) is -0.121. The zero-order valence-corrected chi connectivity index (χ0v) is 21.4. The van der Waals surface area contributed by atoms with E-state index in [0.29, 0.717) is 12.1 Å². The van der Waals surface area contributed by atoms with Crippen molar-refractivity contribution in [3.8, 4) is 11.4 Å². The maximum atomic E-state index is 13.0. The second kappa shape index (κ2) is 10.6. The minimum atomic E-state index is -0.121. The maximum absolute atomic E-state index is 13.0. The molecule has 9 heteroatoms. The Balaban J connectivity index is 1.30. The van der Waals surface area contributed by atoms with Gasteiger partial charge in [-0.3, -0.25) is 14.8 Å². The number of aromatic amines is 2. The van der Waals surface area contributed by atoms with Crippen molar-refractivity contribution in [2.45, 2.75) is 19.5 Å². The van der Waals surface area contributed by atoms with Crippen molar-refractivity contribution in [1.82, 2.24) is 34.9 Å². The number of nitrogens with one attached hydrogen (secondary N) is 3. The Kier molecular flexibility index (Phi) is 6.76. The SMILES string of the molecule is Cn1cncc1CNC(=O)c1ccc2c(CN3CCOCC3)c(-c3cc(Cc4ccccc4)[nH]n3)[nH]c2c1. The van der Waals surface area contributed by atoms with Gasteiger partial charge in [-0.1, -0.05) is 36.4 Å². The second-order valence-electron chi connectivity index (χ2n) is 9.75. The number of morpholine rings is 1. The predicted octanol–water partition coefficient (Wildman–Crippen LogP) is 3.64. The Morgan fingerprint density at radius 2 is 1.95 bits per heavy atom. The van der Waals surface area contributed by atoms with E-state index in [2.05, 4.69) is 60.7 Å². The van der Waals surface area contributed by atoms with Gasteiger partial charge in [0.15, 0.2) is 0 Å².